The van der Waals surface area contributed by atoms with Crippen LogP contribution in [0.2, 0.25) is 0 Å². The third-order valence-corrected chi connectivity index (χ3v) is 2.56. The van der Waals surface area contributed by atoms with Crippen LogP contribution >= 0.6 is 0 Å². The Hall–Kier alpha value is -2.70. The summed E-state index contributed by atoms with van der Waals surface area (Å²) in [5.74, 6) is -3.52. The maximum absolute atomic E-state index is 12.7. The van der Waals surface area contributed by atoms with E-state index in [2.05, 4.69) is 5.32 Å². The number of halogens is 1. The molecule has 112 valence electrons. The maximum atomic E-state index is 12.7. The lowest BCUT2D eigenvalue weighted by atomic mass is 10.1. The van der Waals surface area contributed by atoms with Gasteiger partial charge in [-0.05, 0) is 30.2 Å². The topological polar surface area (TPSA) is 104 Å². The van der Waals surface area contributed by atoms with E-state index in [1.807, 2.05) is 0 Å². The maximum Gasteiger partial charge on any atom is 0.326 e. The molecule has 3 N–H and O–H groups in total. The van der Waals surface area contributed by atoms with Gasteiger partial charge >= 0.3 is 11.9 Å². The molecule has 0 bridgehead atoms. The Bertz CT molecular complexity index is 553. The molecule has 6 nitrogen and oxygen atoms in total. The monoisotopic (exact) mass is 295 g/mol. The highest BCUT2D eigenvalue weighted by Gasteiger charge is 2.19. The fourth-order valence-corrected chi connectivity index (χ4v) is 1.49. The number of carboxylic acids is 2. The molecule has 0 saturated heterocycles. The van der Waals surface area contributed by atoms with E-state index in [1.165, 1.54) is 30.3 Å². The van der Waals surface area contributed by atoms with Gasteiger partial charge in [-0.15, -0.1) is 0 Å². The average Bonchev–Trinajstić information content (AvgIpc) is 2.42. The molecular weight excluding hydrogens is 281 g/mol. The standard InChI is InChI=1S/C14H14FNO5/c15-10-4-1-9(2-5-10)3-7-12(17)16-11(14(20)21)6-8-13(18)19/h1-5,7,11H,6,8H2,(H,16,17)(H,18,19)(H,20,21)/b7-3+. The van der Waals surface area contributed by atoms with E-state index in [4.69, 9.17) is 10.2 Å². The van der Waals surface area contributed by atoms with Gasteiger partial charge in [-0.1, -0.05) is 12.1 Å². The van der Waals surface area contributed by atoms with E-state index in [1.54, 1.807) is 0 Å². The molecule has 0 heterocycles. The van der Waals surface area contributed by atoms with Crippen LogP contribution in [0.3, 0.4) is 0 Å². The van der Waals surface area contributed by atoms with Gasteiger partial charge in [0.1, 0.15) is 11.9 Å². The smallest absolute Gasteiger partial charge is 0.326 e. The van der Waals surface area contributed by atoms with E-state index in [0.717, 1.165) is 6.08 Å². The minimum absolute atomic E-state index is 0.208. The summed E-state index contributed by atoms with van der Waals surface area (Å²) in [6.07, 6.45) is 1.93. The number of hydrogen-bond acceptors (Lipinski definition) is 3. The Kier molecular flexibility index (Phi) is 6.06. The minimum atomic E-state index is -1.31. The molecule has 7 heteroatoms. The average molecular weight is 295 g/mol. The van der Waals surface area contributed by atoms with Crippen molar-refractivity contribution in [1.29, 1.82) is 0 Å². The summed E-state index contributed by atoms with van der Waals surface area (Å²) in [4.78, 5) is 32.8. The number of carbonyl (C=O) groups is 3. The van der Waals surface area contributed by atoms with Crippen LogP contribution in [0.15, 0.2) is 30.3 Å². The summed E-state index contributed by atoms with van der Waals surface area (Å²) in [5, 5.41) is 19.6. The molecular formula is C14H14FNO5. The summed E-state index contributed by atoms with van der Waals surface area (Å²) < 4.78 is 12.7. The second-order valence-electron chi connectivity index (χ2n) is 4.22. The van der Waals surface area contributed by atoms with Gasteiger partial charge in [-0.3, -0.25) is 9.59 Å². The highest BCUT2D eigenvalue weighted by molar-refractivity contribution is 5.94. The van der Waals surface area contributed by atoms with Crippen LogP contribution in [0.25, 0.3) is 6.08 Å². The quantitative estimate of drug-likeness (QED) is 0.657. The van der Waals surface area contributed by atoms with Crippen molar-refractivity contribution in [3.8, 4) is 0 Å². The van der Waals surface area contributed by atoms with Crippen molar-refractivity contribution >= 4 is 23.9 Å². The zero-order valence-corrected chi connectivity index (χ0v) is 11.0. The summed E-state index contributed by atoms with van der Waals surface area (Å²) in [7, 11) is 0. The molecule has 0 aliphatic rings. The Morgan fingerprint density at radius 3 is 2.33 bits per heavy atom. The molecule has 1 amide bonds. The highest BCUT2D eigenvalue weighted by Crippen LogP contribution is 2.05. The van der Waals surface area contributed by atoms with Crippen LogP contribution in [0, 0.1) is 5.82 Å². The third kappa shape index (κ3) is 6.33. The van der Waals surface area contributed by atoms with Crippen LogP contribution in [0.1, 0.15) is 18.4 Å². The number of carboxylic acid groups (broad SMARTS) is 2. The first-order valence-corrected chi connectivity index (χ1v) is 6.07. The van der Waals surface area contributed by atoms with Gasteiger partial charge in [0.2, 0.25) is 5.91 Å². The first-order valence-electron chi connectivity index (χ1n) is 6.07. The molecule has 1 atom stereocenters. The fourth-order valence-electron chi connectivity index (χ4n) is 1.49. The molecule has 0 radical (unpaired) electrons. The number of aliphatic carboxylic acids is 2. The summed E-state index contributed by atoms with van der Waals surface area (Å²) in [6, 6.07) is 4.09. The largest absolute Gasteiger partial charge is 0.481 e. The van der Waals surface area contributed by atoms with E-state index in [9.17, 15) is 18.8 Å². The molecule has 1 aromatic rings. The van der Waals surface area contributed by atoms with Crippen molar-refractivity contribution in [2.24, 2.45) is 0 Å². The van der Waals surface area contributed by atoms with Gasteiger partial charge < -0.3 is 15.5 Å². The van der Waals surface area contributed by atoms with Crippen LogP contribution in [0.5, 0.6) is 0 Å². The van der Waals surface area contributed by atoms with Crippen LogP contribution in [0.4, 0.5) is 4.39 Å². The van der Waals surface area contributed by atoms with Crippen molar-refractivity contribution in [3.63, 3.8) is 0 Å². The zero-order valence-electron chi connectivity index (χ0n) is 11.0. The van der Waals surface area contributed by atoms with E-state index in [-0.39, 0.29) is 12.8 Å². The number of amides is 1. The SMILES string of the molecule is O=C(O)CCC(NC(=O)/C=C/c1ccc(F)cc1)C(=O)O. The van der Waals surface area contributed by atoms with Crippen molar-refractivity contribution < 1.29 is 29.0 Å². The Labute approximate surface area is 119 Å². The van der Waals surface area contributed by atoms with Crippen molar-refractivity contribution in [3.05, 3.63) is 41.7 Å². The lowest BCUT2D eigenvalue weighted by Crippen LogP contribution is -2.40. The minimum Gasteiger partial charge on any atom is -0.481 e. The lowest BCUT2D eigenvalue weighted by molar-refractivity contribution is -0.142. The normalized spacial score (nSPS) is 12.0. The van der Waals surface area contributed by atoms with E-state index < -0.39 is 29.7 Å². The van der Waals surface area contributed by atoms with Gasteiger partial charge in [0.25, 0.3) is 0 Å². The molecule has 0 saturated carbocycles. The van der Waals surface area contributed by atoms with Gasteiger partial charge in [-0.25, -0.2) is 9.18 Å². The molecule has 0 spiro atoms. The first-order chi connectivity index (χ1) is 9.88. The third-order valence-electron chi connectivity index (χ3n) is 2.56. The molecule has 0 fully saturated rings. The molecule has 0 aromatic heterocycles. The van der Waals surface area contributed by atoms with Crippen LogP contribution in [-0.4, -0.2) is 34.1 Å². The summed E-state index contributed by atoms with van der Waals surface area (Å²) in [6.45, 7) is 0. The first kappa shape index (κ1) is 16.4. The Morgan fingerprint density at radius 1 is 1.19 bits per heavy atom. The highest BCUT2D eigenvalue weighted by atomic mass is 19.1. The number of benzene rings is 1. The predicted octanol–water partition coefficient (Wildman–Crippen LogP) is 1.27. The van der Waals surface area contributed by atoms with Crippen molar-refractivity contribution in [2.45, 2.75) is 18.9 Å². The van der Waals surface area contributed by atoms with Gasteiger partial charge in [0, 0.05) is 12.5 Å². The fraction of sp³-hybridized carbons (Fsp3) is 0.214. The Morgan fingerprint density at radius 2 is 1.81 bits per heavy atom. The lowest BCUT2D eigenvalue weighted by Gasteiger charge is -2.11. The molecule has 21 heavy (non-hydrogen) atoms. The van der Waals surface area contributed by atoms with Crippen molar-refractivity contribution in [2.75, 3.05) is 0 Å². The van der Waals surface area contributed by atoms with Gasteiger partial charge in [-0.2, -0.15) is 0 Å². The molecule has 1 aromatic carbocycles. The van der Waals surface area contributed by atoms with E-state index >= 15 is 0 Å². The summed E-state index contributed by atoms with van der Waals surface area (Å²) >= 11 is 0. The number of carbonyl (C=O) groups excluding carboxylic acids is 1. The Balaban J connectivity index is 2.59. The second kappa shape index (κ2) is 7.78. The predicted molar refractivity (Wildman–Crippen MR) is 71.9 cm³/mol. The molecule has 1 rings (SSSR count). The number of rotatable bonds is 7. The number of nitrogens with one attached hydrogen (secondary N) is 1. The second-order valence-corrected chi connectivity index (χ2v) is 4.22. The van der Waals surface area contributed by atoms with Crippen LogP contribution < -0.4 is 5.32 Å². The van der Waals surface area contributed by atoms with Crippen molar-refractivity contribution in [1.82, 2.24) is 5.32 Å². The van der Waals surface area contributed by atoms with E-state index in [0.29, 0.717) is 5.56 Å². The molecule has 1 unspecified atom stereocenters. The molecule has 0 aliphatic heterocycles. The number of hydrogen-bond donors (Lipinski definition) is 3. The van der Waals surface area contributed by atoms with Gasteiger partial charge in [0.15, 0.2) is 0 Å². The van der Waals surface area contributed by atoms with Crippen LogP contribution in [-0.2, 0) is 14.4 Å². The zero-order chi connectivity index (χ0) is 15.8. The summed E-state index contributed by atoms with van der Waals surface area (Å²) in [5.41, 5.74) is 0.573. The van der Waals surface area contributed by atoms with Gasteiger partial charge in [0.05, 0.1) is 0 Å². The molecule has 0 aliphatic carbocycles.